The number of pyridine rings is 1. The average Bonchev–Trinajstić information content (AvgIpc) is 2.44. The van der Waals surface area contributed by atoms with E-state index < -0.39 is 0 Å². The molecule has 1 aromatic heterocycles. The maximum absolute atomic E-state index is 13.4. The zero-order valence-corrected chi connectivity index (χ0v) is 11.4. The molecule has 0 bridgehead atoms. The smallest absolute Gasteiger partial charge is 0.123 e. The summed E-state index contributed by atoms with van der Waals surface area (Å²) in [6, 6.07) is 9.18. The van der Waals surface area contributed by atoms with Crippen molar-refractivity contribution in [2.45, 2.75) is 25.8 Å². The molecule has 0 radical (unpaired) electrons. The molecule has 19 heavy (non-hydrogen) atoms. The lowest BCUT2D eigenvalue weighted by Crippen LogP contribution is -2.18. The van der Waals surface area contributed by atoms with Gasteiger partial charge in [0.1, 0.15) is 5.82 Å². The second kappa shape index (κ2) is 6.43. The molecule has 0 saturated carbocycles. The molecule has 3 heteroatoms. The highest BCUT2D eigenvalue weighted by molar-refractivity contribution is 5.29. The lowest BCUT2D eigenvalue weighted by atomic mass is 9.96. The highest BCUT2D eigenvalue weighted by Crippen LogP contribution is 2.23. The van der Waals surface area contributed by atoms with Crippen LogP contribution in [0.2, 0.25) is 0 Å². The van der Waals surface area contributed by atoms with Gasteiger partial charge in [0.25, 0.3) is 0 Å². The highest BCUT2D eigenvalue weighted by atomic mass is 19.1. The van der Waals surface area contributed by atoms with E-state index in [4.69, 9.17) is 0 Å². The van der Waals surface area contributed by atoms with E-state index in [1.54, 1.807) is 18.5 Å². The van der Waals surface area contributed by atoms with Gasteiger partial charge in [-0.2, -0.15) is 0 Å². The SMILES string of the molecule is CNC(CCc1ccncc1)c1cc(F)ccc1C. The molecule has 2 nitrogen and oxygen atoms in total. The summed E-state index contributed by atoms with van der Waals surface area (Å²) >= 11 is 0. The minimum Gasteiger partial charge on any atom is -0.313 e. The van der Waals surface area contributed by atoms with Gasteiger partial charge in [-0.3, -0.25) is 4.98 Å². The topological polar surface area (TPSA) is 24.9 Å². The van der Waals surface area contributed by atoms with Gasteiger partial charge >= 0.3 is 0 Å². The van der Waals surface area contributed by atoms with Gasteiger partial charge in [0.2, 0.25) is 0 Å². The van der Waals surface area contributed by atoms with Crippen molar-refractivity contribution < 1.29 is 4.39 Å². The fourth-order valence-corrected chi connectivity index (χ4v) is 2.30. The van der Waals surface area contributed by atoms with Gasteiger partial charge in [-0.1, -0.05) is 6.07 Å². The Morgan fingerprint density at radius 3 is 2.63 bits per heavy atom. The second-order valence-corrected chi connectivity index (χ2v) is 4.74. The van der Waals surface area contributed by atoms with E-state index in [0.29, 0.717) is 0 Å². The number of nitrogens with one attached hydrogen (secondary N) is 1. The third kappa shape index (κ3) is 3.61. The Kier molecular flexibility index (Phi) is 4.63. The predicted molar refractivity (Wildman–Crippen MR) is 75.5 cm³/mol. The Hall–Kier alpha value is -1.74. The molecule has 0 fully saturated rings. The molecule has 100 valence electrons. The number of benzene rings is 1. The van der Waals surface area contributed by atoms with Crippen molar-refractivity contribution in [3.63, 3.8) is 0 Å². The first-order chi connectivity index (χ1) is 9.20. The first kappa shape index (κ1) is 13.7. The number of aromatic nitrogens is 1. The Balaban J connectivity index is 2.10. The summed E-state index contributed by atoms with van der Waals surface area (Å²) < 4.78 is 13.4. The summed E-state index contributed by atoms with van der Waals surface area (Å²) in [7, 11) is 1.92. The zero-order valence-electron chi connectivity index (χ0n) is 11.4. The maximum Gasteiger partial charge on any atom is 0.123 e. The van der Waals surface area contributed by atoms with Crippen LogP contribution in [0, 0.1) is 12.7 Å². The van der Waals surface area contributed by atoms with E-state index in [-0.39, 0.29) is 11.9 Å². The molecular formula is C16H19FN2. The first-order valence-corrected chi connectivity index (χ1v) is 6.53. The zero-order chi connectivity index (χ0) is 13.7. The normalized spacial score (nSPS) is 12.4. The molecule has 0 amide bonds. The molecule has 0 aliphatic carbocycles. The third-order valence-electron chi connectivity index (χ3n) is 3.44. The van der Waals surface area contributed by atoms with Crippen molar-refractivity contribution in [1.82, 2.24) is 10.3 Å². The summed E-state index contributed by atoms with van der Waals surface area (Å²) in [5.74, 6) is -0.176. The van der Waals surface area contributed by atoms with Crippen molar-refractivity contribution >= 4 is 0 Å². The number of rotatable bonds is 5. The van der Waals surface area contributed by atoms with Crippen molar-refractivity contribution in [2.24, 2.45) is 0 Å². The van der Waals surface area contributed by atoms with E-state index in [2.05, 4.69) is 10.3 Å². The molecule has 0 spiro atoms. The molecule has 1 unspecified atom stereocenters. The minimum atomic E-state index is -0.176. The highest BCUT2D eigenvalue weighted by Gasteiger charge is 2.12. The standard InChI is InChI=1S/C16H19FN2/c1-12-3-5-14(17)11-15(12)16(18-2)6-4-13-7-9-19-10-8-13/h3,5,7-11,16,18H,4,6H2,1-2H3. The Labute approximate surface area is 113 Å². The second-order valence-electron chi connectivity index (χ2n) is 4.74. The van der Waals surface area contributed by atoms with E-state index in [1.165, 1.54) is 11.6 Å². The molecule has 0 aliphatic heterocycles. The number of hydrogen-bond acceptors (Lipinski definition) is 2. The van der Waals surface area contributed by atoms with Crippen LogP contribution >= 0.6 is 0 Å². The summed E-state index contributed by atoms with van der Waals surface area (Å²) in [6.07, 6.45) is 5.49. The van der Waals surface area contributed by atoms with Crippen LogP contribution in [0.3, 0.4) is 0 Å². The van der Waals surface area contributed by atoms with E-state index in [1.807, 2.05) is 32.2 Å². The van der Waals surface area contributed by atoms with Crippen molar-refractivity contribution in [2.75, 3.05) is 7.05 Å². The predicted octanol–water partition coefficient (Wildman–Crippen LogP) is 3.42. The minimum absolute atomic E-state index is 0.170. The van der Waals surface area contributed by atoms with Gasteiger partial charge in [-0.05, 0) is 67.8 Å². The molecule has 1 N–H and O–H groups in total. The molecule has 0 saturated heterocycles. The summed E-state index contributed by atoms with van der Waals surface area (Å²) in [6.45, 7) is 2.02. The number of halogens is 1. The Morgan fingerprint density at radius 2 is 1.95 bits per heavy atom. The van der Waals surface area contributed by atoms with Crippen LogP contribution in [-0.4, -0.2) is 12.0 Å². The van der Waals surface area contributed by atoms with Crippen LogP contribution in [0.15, 0.2) is 42.7 Å². The molecule has 1 aromatic carbocycles. The Bertz CT molecular complexity index is 526. The maximum atomic E-state index is 13.4. The molecule has 0 aliphatic rings. The lowest BCUT2D eigenvalue weighted by molar-refractivity contribution is 0.539. The van der Waals surface area contributed by atoms with Gasteiger partial charge in [0.05, 0.1) is 0 Å². The van der Waals surface area contributed by atoms with Crippen LogP contribution < -0.4 is 5.32 Å². The van der Waals surface area contributed by atoms with Gasteiger partial charge in [0.15, 0.2) is 0 Å². The van der Waals surface area contributed by atoms with Gasteiger partial charge in [0, 0.05) is 18.4 Å². The van der Waals surface area contributed by atoms with E-state index in [0.717, 1.165) is 24.0 Å². The first-order valence-electron chi connectivity index (χ1n) is 6.53. The van der Waals surface area contributed by atoms with Crippen LogP contribution in [0.25, 0.3) is 0 Å². The summed E-state index contributed by atoms with van der Waals surface area (Å²) in [4.78, 5) is 4.01. The van der Waals surface area contributed by atoms with E-state index >= 15 is 0 Å². The summed E-state index contributed by atoms with van der Waals surface area (Å²) in [5, 5.41) is 3.27. The molecular weight excluding hydrogens is 239 g/mol. The van der Waals surface area contributed by atoms with Crippen LogP contribution in [-0.2, 0) is 6.42 Å². The van der Waals surface area contributed by atoms with Gasteiger partial charge in [-0.15, -0.1) is 0 Å². The van der Waals surface area contributed by atoms with Crippen LogP contribution in [0.1, 0.15) is 29.2 Å². The molecule has 2 rings (SSSR count). The van der Waals surface area contributed by atoms with E-state index in [9.17, 15) is 4.39 Å². The number of hydrogen-bond donors (Lipinski definition) is 1. The summed E-state index contributed by atoms with van der Waals surface area (Å²) in [5.41, 5.74) is 3.41. The third-order valence-corrected chi connectivity index (χ3v) is 3.44. The van der Waals surface area contributed by atoms with Gasteiger partial charge < -0.3 is 5.32 Å². The lowest BCUT2D eigenvalue weighted by Gasteiger charge is -2.19. The van der Waals surface area contributed by atoms with Crippen molar-refractivity contribution in [1.29, 1.82) is 0 Å². The monoisotopic (exact) mass is 258 g/mol. The average molecular weight is 258 g/mol. The fourth-order valence-electron chi connectivity index (χ4n) is 2.30. The quantitative estimate of drug-likeness (QED) is 0.888. The molecule has 2 aromatic rings. The van der Waals surface area contributed by atoms with Crippen LogP contribution in [0.4, 0.5) is 4.39 Å². The van der Waals surface area contributed by atoms with Crippen molar-refractivity contribution in [3.05, 3.63) is 65.2 Å². The van der Waals surface area contributed by atoms with Crippen LogP contribution in [0.5, 0.6) is 0 Å². The van der Waals surface area contributed by atoms with Crippen molar-refractivity contribution in [3.8, 4) is 0 Å². The number of nitrogens with zero attached hydrogens (tertiary/aromatic N) is 1. The molecule has 1 atom stereocenters. The number of aryl methyl sites for hydroxylation is 2. The fraction of sp³-hybridized carbons (Fsp3) is 0.312. The Morgan fingerprint density at radius 1 is 1.21 bits per heavy atom. The molecule has 1 heterocycles. The largest absolute Gasteiger partial charge is 0.313 e. The van der Waals surface area contributed by atoms with Gasteiger partial charge in [-0.25, -0.2) is 4.39 Å².